The van der Waals surface area contributed by atoms with Crippen molar-refractivity contribution in [3.8, 4) is 5.75 Å². The third-order valence-electron chi connectivity index (χ3n) is 4.35. The Labute approximate surface area is 157 Å². The summed E-state index contributed by atoms with van der Waals surface area (Å²) >= 11 is 1.46. The van der Waals surface area contributed by atoms with Crippen molar-refractivity contribution in [2.45, 2.75) is 17.7 Å². The molecule has 6 heteroatoms. The number of amides is 1. The molecule has 1 amide bonds. The lowest BCUT2D eigenvalue weighted by atomic mass is 10.1. The minimum atomic E-state index is -0.201. The molecule has 0 atom stereocenters. The summed E-state index contributed by atoms with van der Waals surface area (Å²) < 4.78 is 19.0. The molecule has 0 spiro atoms. The summed E-state index contributed by atoms with van der Waals surface area (Å²) in [6.07, 6.45) is 2.14. The summed E-state index contributed by atoms with van der Waals surface area (Å²) in [6.45, 7) is 2.29. The number of methoxy groups -OCH3 is 1. The molecule has 1 heterocycles. The number of nitrogens with zero attached hydrogens (tertiary/aromatic N) is 1. The van der Waals surface area contributed by atoms with Crippen molar-refractivity contribution < 1.29 is 13.9 Å². The van der Waals surface area contributed by atoms with E-state index in [4.69, 9.17) is 4.74 Å². The summed E-state index contributed by atoms with van der Waals surface area (Å²) in [7, 11) is 1.61. The van der Waals surface area contributed by atoms with E-state index in [2.05, 4.69) is 5.32 Å². The molecule has 0 unspecified atom stereocenters. The van der Waals surface area contributed by atoms with Gasteiger partial charge in [-0.15, -0.1) is 11.8 Å². The molecular formula is C20H23FN2O2S. The number of carbonyl (C=O) groups is 1. The molecule has 4 nitrogen and oxygen atoms in total. The van der Waals surface area contributed by atoms with Crippen LogP contribution in [0.4, 0.5) is 10.1 Å². The molecule has 1 aliphatic heterocycles. The summed E-state index contributed by atoms with van der Waals surface area (Å²) in [5.74, 6) is 1.26. The van der Waals surface area contributed by atoms with Crippen molar-refractivity contribution in [3.05, 3.63) is 53.8 Å². The Balaban J connectivity index is 1.61. The Kier molecular flexibility index (Phi) is 6.39. The number of halogens is 1. The second-order valence-corrected chi connectivity index (χ2v) is 7.26. The molecule has 0 saturated carbocycles. The second-order valence-electron chi connectivity index (χ2n) is 6.12. The summed E-state index contributed by atoms with van der Waals surface area (Å²) in [6, 6.07) is 12.2. The molecule has 1 saturated heterocycles. The quantitative estimate of drug-likeness (QED) is 0.580. The number of likely N-dealkylation sites (tertiary alicyclic amines) is 1. The largest absolute Gasteiger partial charge is 0.495 e. The molecule has 0 aromatic heterocycles. The zero-order chi connectivity index (χ0) is 18.4. The summed E-state index contributed by atoms with van der Waals surface area (Å²) in [5.41, 5.74) is 1.45. The van der Waals surface area contributed by atoms with Crippen LogP contribution in [0.15, 0.2) is 47.4 Å². The number of hydrogen-bond acceptors (Lipinski definition) is 4. The summed E-state index contributed by atoms with van der Waals surface area (Å²) in [4.78, 5) is 15.1. The molecular weight excluding hydrogens is 351 g/mol. The highest BCUT2D eigenvalue weighted by Gasteiger charge is 2.20. The van der Waals surface area contributed by atoms with E-state index in [-0.39, 0.29) is 11.7 Å². The van der Waals surface area contributed by atoms with Gasteiger partial charge in [0.1, 0.15) is 11.6 Å². The fourth-order valence-electron chi connectivity index (χ4n) is 2.99. The van der Waals surface area contributed by atoms with Crippen molar-refractivity contribution in [1.29, 1.82) is 0 Å². The van der Waals surface area contributed by atoms with E-state index in [1.807, 2.05) is 23.1 Å². The fraction of sp³-hybridized carbons (Fsp3) is 0.350. The lowest BCUT2D eigenvalue weighted by Crippen LogP contribution is -2.27. The number of thioether (sulfide) groups is 1. The Morgan fingerprint density at radius 3 is 2.73 bits per heavy atom. The van der Waals surface area contributed by atoms with Gasteiger partial charge in [-0.1, -0.05) is 12.1 Å². The van der Waals surface area contributed by atoms with Crippen LogP contribution >= 0.6 is 11.8 Å². The third-order valence-corrected chi connectivity index (χ3v) is 5.40. The van der Waals surface area contributed by atoms with Crippen molar-refractivity contribution in [2.24, 2.45) is 0 Å². The van der Waals surface area contributed by atoms with Gasteiger partial charge in [0.25, 0.3) is 5.91 Å². The molecule has 0 bridgehead atoms. The first kappa shape index (κ1) is 18.6. The van der Waals surface area contributed by atoms with Crippen molar-refractivity contribution >= 4 is 23.4 Å². The van der Waals surface area contributed by atoms with Gasteiger partial charge in [0.15, 0.2) is 0 Å². The normalized spacial score (nSPS) is 13.7. The molecule has 1 N–H and O–H groups in total. The van der Waals surface area contributed by atoms with Gasteiger partial charge in [0.2, 0.25) is 0 Å². The average molecular weight is 374 g/mol. The topological polar surface area (TPSA) is 41.6 Å². The molecule has 26 heavy (non-hydrogen) atoms. The first-order valence-corrected chi connectivity index (χ1v) is 9.76. The van der Waals surface area contributed by atoms with Crippen molar-refractivity contribution in [2.75, 3.05) is 37.8 Å². The van der Waals surface area contributed by atoms with Gasteiger partial charge in [-0.3, -0.25) is 4.79 Å². The Bertz CT molecular complexity index is 763. The molecule has 1 fully saturated rings. The maximum atomic E-state index is 13.6. The van der Waals surface area contributed by atoms with Crippen LogP contribution in [0.2, 0.25) is 0 Å². The number of nitrogens with one attached hydrogen (secondary N) is 1. The standard InChI is InChI=1S/C20H23FN2O2S/c1-25-18-9-8-15(20(24)23-11-4-5-12-23)14-17(18)22-10-13-26-19-7-3-2-6-16(19)21/h2-3,6-9,14,22H,4-5,10-13H2,1H3. The number of rotatable bonds is 7. The van der Waals surface area contributed by atoms with Crippen LogP contribution < -0.4 is 10.1 Å². The van der Waals surface area contributed by atoms with Crippen LogP contribution in [-0.2, 0) is 0 Å². The van der Waals surface area contributed by atoms with E-state index in [0.717, 1.165) is 31.6 Å². The maximum Gasteiger partial charge on any atom is 0.253 e. The zero-order valence-electron chi connectivity index (χ0n) is 14.8. The Hall–Kier alpha value is -2.21. The van der Waals surface area contributed by atoms with E-state index in [1.54, 1.807) is 25.3 Å². The van der Waals surface area contributed by atoms with Crippen LogP contribution in [0.25, 0.3) is 0 Å². The van der Waals surface area contributed by atoms with E-state index < -0.39 is 0 Å². The van der Waals surface area contributed by atoms with Gasteiger partial charge in [0.05, 0.1) is 12.8 Å². The number of carbonyl (C=O) groups excluding carboxylic acids is 1. The van der Waals surface area contributed by atoms with Crippen molar-refractivity contribution in [3.63, 3.8) is 0 Å². The minimum Gasteiger partial charge on any atom is -0.495 e. The van der Waals surface area contributed by atoms with Gasteiger partial charge >= 0.3 is 0 Å². The smallest absolute Gasteiger partial charge is 0.253 e. The fourth-order valence-corrected chi connectivity index (χ4v) is 3.80. The van der Waals surface area contributed by atoms with E-state index >= 15 is 0 Å². The van der Waals surface area contributed by atoms with Crippen LogP contribution in [0.1, 0.15) is 23.2 Å². The number of ether oxygens (including phenoxy) is 1. The van der Waals surface area contributed by atoms with Gasteiger partial charge in [-0.05, 0) is 43.2 Å². The van der Waals surface area contributed by atoms with Crippen LogP contribution in [0.3, 0.4) is 0 Å². The predicted octanol–water partition coefficient (Wildman–Crippen LogP) is 4.27. The van der Waals surface area contributed by atoms with Crippen LogP contribution in [-0.4, -0.2) is 43.3 Å². The zero-order valence-corrected chi connectivity index (χ0v) is 15.7. The van der Waals surface area contributed by atoms with Crippen molar-refractivity contribution in [1.82, 2.24) is 4.90 Å². The number of benzene rings is 2. The lowest BCUT2D eigenvalue weighted by molar-refractivity contribution is 0.0793. The highest BCUT2D eigenvalue weighted by atomic mass is 32.2. The molecule has 2 aromatic carbocycles. The second kappa shape index (κ2) is 8.94. The van der Waals surface area contributed by atoms with Crippen LogP contribution in [0.5, 0.6) is 5.75 Å². The van der Waals surface area contributed by atoms with Gasteiger partial charge in [0, 0.05) is 35.8 Å². The highest BCUT2D eigenvalue weighted by Crippen LogP contribution is 2.27. The molecule has 3 rings (SSSR count). The summed E-state index contributed by atoms with van der Waals surface area (Å²) in [5, 5.41) is 3.30. The third kappa shape index (κ3) is 4.49. The van der Waals surface area contributed by atoms with Gasteiger partial charge in [-0.2, -0.15) is 0 Å². The van der Waals surface area contributed by atoms with Gasteiger partial charge < -0.3 is 15.0 Å². The average Bonchev–Trinajstić information content (AvgIpc) is 3.20. The van der Waals surface area contributed by atoms with E-state index in [9.17, 15) is 9.18 Å². The molecule has 0 aliphatic carbocycles. The Morgan fingerprint density at radius 2 is 2.00 bits per heavy atom. The highest BCUT2D eigenvalue weighted by molar-refractivity contribution is 7.99. The first-order valence-electron chi connectivity index (χ1n) is 8.77. The van der Waals surface area contributed by atoms with Crippen LogP contribution in [0, 0.1) is 5.82 Å². The molecule has 1 aliphatic rings. The number of hydrogen-bond donors (Lipinski definition) is 1. The molecule has 0 radical (unpaired) electrons. The van der Waals surface area contributed by atoms with Gasteiger partial charge in [-0.25, -0.2) is 4.39 Å². The van der Waals surface area contributed by atoms with E-state index in [0.29, 0.717) is 28.5 Å². The van der Waals surface area contributed by atoms with E-state index in [1.165, 1.54) is 17.8 Å². The number of anilines is 1. The molecule has 138 valence electrons. The molecule has 2 aromatic rings. The minimum absolute atomic E-state index is 0.0638. The monoisotopic (exact) mass is 374 g/mol. The lowest BCUT2D eigenvalue weighted by Gasteiger charge is -2.17. The predicted molar refractivity (Wildman–Crippen MR) is 104 cm³/mol. The SMILES string of the molecule is COc1ccc(C(=O)N2CCCC2)cc1NCCSc1ccccc1F. The first-order chi connectivity index (χ1) is 12.7. The maximum absolute atomic E-state index is 13.6. The Morgan fingerprint density at radius 1 is 1.23 bits per heavy atom.